The van der Waals surface area contributed by atoms with Crippen LogP contribution in [0.1, 0.15) is 73.0 Å². The summed E-state index contributed by atoms with van der Waals surface area (Å²) >= 11 is 0. The highest BCUT2D eigenvalue weighted by Crippen LogP contribution is 2.47. The number of hydrogen-bond acceptors (Lipinski definition) is 7. The molecule has 4 atom stereocenters. The van der Waals surface area contributed by atoms with E-state index in [4.69, 9.17) is 4.98 Å². The van der Waals surface area contributed by atoms with Gasteiger partial charge in [-0.3, -0.25) is 14.2 Å². The summed E-state index contributed by atoms with van der Waals surface area (Å²) in [7, 11) is 0. The van der Waals surface area contributed by atoms with Crippen molar-refractivity contribution in [1.82, 2.24) is 29.3 Å². The van der Waals surface area contributed by atoms with Crippen LogP contribution in [0.5, 0.6) is 0 Å². The largest absolute Gasteiger partial charge is 0.347 e. The fourth-order valence-corrected chi connectivity index (χ4v) is 5.65. The molecule has 0 spiro atoms. The molecule has 4 aromatic rings. The first-order chi connectivity index (χ1) is 18.0. The lowest BCUT2D eigenvalue weighted by Crippen LogP contribution is -2.25. The van der Waals surface area contributed by atoms with Crippen molar-refractivity contribution in [2.75, 3.05) is 16.8 Å². The molecule has 4 aromatic heterocycles. The van der Waals surface area contributed by atoms with Crippen LogP contribution in [0.4, 0.5) is 11.6 Å². The quantitative estimate of drug-likeness (QED) is 0.423. The number of aryl methyl sites for hydroxylation is 1. The number of amides is 1. The summed E-state index contributed by atoms with van der Waals surface area (Å²) in [6.45, 7) is 5.17. The van der Waals surface area contributed by atoms with Crippen molar-refractivity contribution < 1.29 is 4.79 Å². The average molecular weight is 495 g/mol. The number of hydrogen-bond donors (Lipinski definition) is 1. The van der Waals surface area contributed by atoms with E-state index in [-0.39, 0.29) is 23.8 Å². The molecule has 37 heavy (non-hydrogen) atoms. The van der Waals surface area contributed by atoms with Crippen LogP contribution in [0.2, 0.25) is 0 Å². The van der Waals surface area contributed by atoms with E-state index in [1.54, 1.807) is 0 Å². The van der Waals surface area contributed by atoms with Gasteiger partial charge in [0.05, 0.1) is 11.7 Å². The van der Waals surface area contributed by atoms with Gasteiger partial charge in [-0.1, -0.05) is 6.92 Å². The smallest absolute Gasteiger partial charge is 0.234 e. The molecule has 2 aliphatic carbocycles. The van der Waals surface area contributed by atoms with Gasteiger partial charge in [-0.2, -0.15) is 0 Å². The lowest BCUT2D eigenvalue weighted by Gasteiger charge is -2.24. The molecule has 0 bridgehead atoms. The van der Waals surface area contributed by atoms with E-state index in [0.29, 0.717) is 17.7 Å². The number of nitrogens with one attached hydrogen (secondary N) is 1. The van der Waals surface area contributed by atoms with Crippen molar-refractivity contribution in [1.29, 1.82) is 0 Å². The maximum Gasteiger partial charge on any atom is 0.234 e. The number of fused-ring (bicyclic) bond motifs is 1. The number of nitrogens with zero attached hydrogens (tertiary/aromatic N) is 7. The van der Waals surface area contributed by atoms with E-state index >= 15 is 0 Å². The lowest BCUT2D eigenvalue weighted by molar-refractivity contribution is -0.117. The van der Waals surface area contributed by atoms with Gasteiger partial charge in [-0.25, -0.2) is 19.9 Å². The van der Waals surface area contributed by atoms with Gasteiger partial charge in [-0.05, 0) is 67.7 Å². The van der Waals surface area contributed by atoms with Crippen molar-refractivity contribution in [3.05, 3.63) is 71.8 Å². The topological polar surface area (TPSA) is 101 Å². The summed E-state index contributed by atoms with van der Waals surface area (Å²) in [5, 5.41) is 3.02. The second kappa shape index (κ2) is 8.61. The Hall–Kier alpha value is -3.88. The summed E-state index contributed by atoms with van der Waals surface area (Å²) in [6, 6.07) is 6.02. The number of imidazole rings is 1. The zero-order valence-corrected chi connectivity index (χ0v) is 21.1. The summed E-state index contributed by atoms with van der Waals surface area (Å²) in [5.74, 6) is 3.30. The predicted octanol–water partition coefficient (Wildman–Crippen LogP) is 4.43. The fraction of sp³-hybridized carbons (Fsp3) is 0.429. The van der Waals surface area contributed by atoms with Crippen LogP contribution in [0.3, 0.4) is 0 Å². The Morgan fingerprint density at radius 1 is 1.05 bits per heavy atom. The molecule has 1 aliphatic heterocycles. The number of aromatic nitrogens is 6. The van der Waals surface area contributed by atoms with Gasteiger partial charge in [0.1, 0.15) is 18.0 Å². The highest BCUT2D eigenvalue weighted by atomic mass is 16.2. The van der Waals surface area contributed by atoms with Crippen LogP contribution >= 0.6 is 0 Å². The normalized spacial score (nSPS) is 25.0. The predicted molar refractivity (Wildman–Crippen MR) is 139 cm³/mol. The van der Waals surface area contributed by atoms with Gasteiger partial charge in [0, 0.05) is 54.9 Å². The zero-order chi connectivity index (χ0) is 25.1. The van der Waals surface area contributed by atoms with E-state index in [9.17, 15) is 4.79 Å². The Morgan fingerprint density at radius 2 is 1.95 bits per heavy atom. The highest BCUT2D eigenvalue weighted by molar-refractivity contribution is 5.94. The van der Waals surface area contributed by atoms with E-state index in [0.717, 1.165) is 47.9 Å². The Kier molecular flexibility index (Phi) is 5.19. The van der Waals surface area contributed by atoms with Crippen molar-refractivity contribution >= 4 is 23.3 Å². The van der Waals surface area contributed by atoms with Gasteiger partial charge in [-0.15, -0.1) is 0 Å². The van der Waals surface area contributed by atoms with Crippen LogP contribution in [-0.4, -0.2) is 41.8 Å². The molecule has 9 heteroatoms. The minimum Gasteiger partial charge on any atom is -0.347 e. The number of pyridine rings is 1. The molecule has 1 N–H and O–H groups in total. The minimum absolute atomic E-state index is 0.0119. The molecule has 0 aromatic carbocycles. The monoisotopic (exact) mass is 494 g/mol. The number of carbonyl (C=O) groups is 1. The van der Waals surface area contributed by atoms with E-state index in [2.05, 4.69) is 59.9 Å². The standard InChI is InChI=1S/C28H30N8O/c1-16-5-6-29-22(7-16)20-9-21(20)27(37)34-25-10-26(32-15-31-25)36-12-17(2)8-24(36)23-14-35-13-19(18-3-4-18)11-30-28(35)33-23/h5-7,10-11,13-15,17-18,20-21,24H,3-4,8-9,12H2,1-2H3,(H,31,32,34,37)/t17-,20-,21-,24+/m0/s1. The van der Waals surface area contributed by atoms with Crippen LogP contribution in [0.25, 0.3) is 5.78 Å². The third-order valence-corrected chi connectivity index (χ3v) is 7.89. The maximum atomic E-state index is 13.0. The second-order valence-electron chi connectivity index (χ2n) is 11.0. The molecule has 188 valence electrons. The second-order valence-corrected chi connectivity index (χ2v) is 11.0. The Labute approximate surface area is 215 Å². The molecule has 3 aliphatic rings. The first-order valence-electron chi connectivity index (χ1n) is 13.2. The number of anilines is 2. The lowest BCUT2D eigenvalue weighted by atomic mass is 10.1. The molecule has 1 amide bonds. The Morgan fingerprint density at radius 3 is 2.78 bits per heavy atom. The van der Waals surface area contributed by atoms with Crippen molar-refractivity contribution in [2.45, 2.75) is 57.4 Å². The van der Waals surface area contributed by atoms with Gasteiger partial charge in [0.15, 0.2) is 0 Å². The zero-order valence-electron chi connectivity index (χ0n) is 21.1. The van der Waals surface area contributed by atoms with Gasteiger partial charge < -0.3 is 10.2 Å². The van der Waals surface area contributed by atoms with Crippen molar-refractivity contribution in [3.8, 4) is 0 Å². The van der Waals surface area contributed by atoms with Crippen LogP contribution in [0, 0.1) is 18.8 Å². The Bertz CT molecular complexity index is 1490. The fourth-order valence-electron chi connectivity index (χ4n) is 5.65. The number of carbonyl (C=O) groups excluding carboxylic acids is 1. The van der Waals surface area contributed by atoms with Crippen molar-refractivity contribution in [3.63, 3.8) is 0 Å². The average Bonchev–Trinajstić information content (AvgIpc) is 3.81. The molecule has 5 heterocycles. The first kappa shape index (κ1) is 22.3. The summed E-state index contributed by atoms with van der Waals surface area (Å²) in [6.07, 6.45) is 13.9. The molecule has 2 saturated carbocycles. The molecule has 0 unspecified atom stereocenters. The van der Waals surface area contributed by atoms with Crippen LogP contribution in [-0.2, 0) is 4.79 Å². The van der Waals surface area contributed by atoms with Crippen LogP contribution < -0.4 is 10.2 Å². The molecule has 9 nitrogen and oxygen atoms in total. The third-order valence-electron chi connectivity index (χ3n) is 7.89. The molecular formula is C28H30N8O. The molecule has 0 radical (unpaired) electrons. The summed E-state index contributed by atoms with van der Waals surface area (Å²) in [5.41, 5.74) is 4.44. The van der Waals surface area contributed by atoms with E-state index < -0.39 is 0 Å². The van der Waals surface area contributed by atoms with E-state index in [1.165, 1.54) is 24.7 Å². The third kappa shape index (κ3) is 4.32. The van der Waals surface area contributed by atoms with Crippen LogP contribution in [0.15, 0.2) is 49.3 Å². The molecule has 1 saturated heterocycles. The maximum absolute atomic E-state index is 13.0. The summed E-state index contributed by atoms with van der Waals surface area (Å²) in [4.78, 5) is 38.1. The Balaban J connectivity index is 1.09. The first-order valence-corrected chi connectivity index (χ1v) is 13.2. The summed E-state index contributed by atoms with van der Waals surface area (Å²) < 4.78 is 2.06. The molecule has 7 rings (SSSR count). The SMILES string of the molecule is Cc1ccnc([C@H]2C[C@@H]2C(=O)Nc2cc(N3C[C@@H](C)C[C@@H]3c3cn4cc(C5CC5)cnc4n3)ncn2)c1. The molecule has 3 fully saturated rings. The van der Waals surface area contributed by atoms with E-state index in [1.807, 2.05) is 31.5 Å². The van der Waals surface area contributed by atoms with Gasteiger partial charge in [0.2, 0.25) is 11.7 Å². The molecular weight excluding hydrogens is 464 g/mol. The highest BCUT2D eigenvalue weighted by Gasteiger charge is 2.45. The van der Waals surface area contributed by atoms with Crippen molar-refractivity contribution in [2.24, 2.45) is 11.8 Å². The van der Waals surface area contributed by atoms with Gasteiger partial charge in [0.25, 0.3) is 0 Å². The number of rotatable bonds is 6. The minimum atomic E-state index is -0.0710. The van der Waals surface area contributed by atoms with Gasteiger partial charge >= 0.3 is 0 Å².